The van der Waals surface area contributed by atoms with Gasteiger partial charge in [-0.1, -0.05) is 18.2 Å². The molecule has 0 fully saturated rings. The number of hydrogen-bond donors (Lipinski definition) is 2. The molecule has 0 unspecified atom stereocenters. The third-order valence-electron chi connectivity index (χ3n) is 3.15. The predicted octanol–water partition coefficient (Wildman–Crippen LogP) is 2.04. The molecular weight excluding hydrogens is 228 g/mol. The number of nitrogens with one attached hydrogen (secondary N) is 2. The maximum absolute atomic E-state index is 11.7. The van der Waals surface area contributed by atoms with Gasteiger partial charge in [0, 0.05) is 30.1 Å². The number of amides is 2. The van der Waals surface area contributed by atoms with Gasteiger partial charge in [-0.25, -0.2) is 0 Å². The smallest absolute Gasteiger partial charge is 0.256 e. The average molecular weight is 240 g/mol. The van der Waals surface area contributed by atoms with Crippen molar-refractivity contribution in [3.8, 4) is 0 Å². The SMILES string of the molecule is CC(=O)NCc1ccc2c3c(cccc13)C(=O)N2. The van der Waals surface area contributed by atoms with Crippen LogP contribution in [-0.2, 0) is 11.3 Å². The van der Waals surface area contributed by atoms with Gasteiger partial charge in [0.1, 0.15) is 0 Å². The van der Waals surface area contributed by atoms with Gasteiger partial charge in [0.15, 0.2) is 0 Å². The topological polar surface area (TPSA) is 58.2 Å². The molecule has 0 aliphatic carbocycles. The van der Waals surface area contributed by atoms with Crippen LogP contribution in [0.25, 0.3) is 10.8 Å². The van der Waals surface area contributed by atoms with Crippen molar-refractivity contribution < 1.29 is 9.59 Å². The molecule has 0 bridgehead atoms. The summed E-state index contributed by atoms with van der Waals surface area (Å²) in [6, 6.07) is 9.47. The standard InChI is InChI=1S/C14H12N2O2/c1-8(17)15-7-9-5-6-12-13-10(9)3-2-4-11(13)14(18)16-12/h2-6H,7H2,1H3,(H,15,17)(H,16,18). The number of rotatable bonds is 2. The van der Waals surface area contributed by atoms with Crippen LogP contribution in [0, 0.1) is 0 Å². The average Bonchev–Trinajstić information content (AvgIpc) is 2.68. The van der Waals surface area contributed by atoms with E-state index in [1.807, 2.05) is 30.3 Å². The van der Waals surface area contributed by atoms with Gasteiger partial charge in [0.05, 0.1) is 0 Å². The molecule has 4 heteroatoms. The van der Waals surface area contributed by atoms with Crippen LogP contribution >= 0.6 is 0 Å². The van der Waals surface area contributed by atoms with E-state index >= 15 is 0 Å². The van der Waals surface area contributed by atoms with Crippen LogP contribution in [0.2, 0.25) is 0 Å². The van der Waals surface area contributed by atoms with Crippen LogP contribution in [0.5, 0.6) is 0 Å². The third kappa shape index (κ3) is 1.54. The lowest BCUT2D eigenvalue weighted by Gasteiger charge is -2.08. The molecule has 1 heterocycles. The molecule has 2 N–H and O–H groups in total. The number of benzene rings is 2. The highest BCUT2D eigenvalue weighted by Crippen LogP contribution is 2.34. The summed E-state index contributed by atoms with van der Waals surface area (Å²) in [6.45, 7) is 1.97. The molecule has 3 rings (SSSR count). The van der Waals surface area contributed by atoms with E-state index in [9.17, 15) is 9.59 Å². The second-order valence-corrected chi connectivity index (χ2v) is 4.36. The van der Waals surface area contributed by atoms with E-state index in [2.05, 4.69) is 10.6 Å². The first-order valence-electron chi connectivity index (χ1n) is 5.77. The lowest BCUT2D eigenvalue weighted by atomic mass is 10.0. The van der Waals surface area contributed by atoms with E-state index in [4.69, 9.17) is 0 Å². The van der Waals surface area contributed by atoms with Crippen molar-refractivity contribution in [2.24, 2.45) is 0 Å². The molecule has 4 nitrogen and oxygen atoms in total. The molecule has 18 heavy (non-hydrogen) atoms. The fourth-order valence-corrected chi connectivity index (χ4v) is 2.32. The van der Waals surface area contributed by atoms with Gasteiger partial charge >= 0.3 is 0 Å². The highest BCUT2D eigenvalue weighted by molar-refractivity contribution is 6.24. The van der Waals surface area contributed by atoms with Gasteiger partial charge in [-0.3, -0.25) is 9.59 Å². The zero-order chi connectivity index (χ0) is 12.7. The summed E-state index contributed by atoms with van der Waals surface area (Å²) in [5, 5.41) is 7.58. The van der Waals surface area contributed by atoms with Gasteiger partial charge in [0.2, 0.25) is 5.91 Å². The molecule has 0 atom stereocenters. The van der Waals surface area contributed by atoms with Gasteiger partial charge in [0.25, 0.3) is 5.91 Å². The molecule has 1 aliphatic heterocycles. The van der Waals surface area contributed by atoms with E-state index in [-0.39, 0.29) is 11.8 Å². The van der Waals surface area contributed by atoms with E-state index < -0.39 is 0 Å². The molecule has 0 radical (unpaired) electrons. The van der Waals surface area contributed by atoms with Crippen molar-refractivity contribution in [3.63, 3.8) is 0 Å². The van der Waals surface area contributed by atoms with E-state index in [0.717, 1.165) is 22.0 Å². The van der Waals surface area contributed by atoms with Gasteiger partial charge in [-0.2, -0.15) is 0 Å². The van der Waals surface area contributed by atoms with Crippen LogP contribution < -0.4 is 10.6 Å². The van der Waals surface area contributed by atoms with E-state index in [1.54, 1.807) is 0 Å². The minimum atomic E-state index is -0.0627. The molecular formula is C14H12N2O2. The first-order chi connectivity index (χ1) is 8.66. The zero-order valence-electron chi connectivity index (χ0n) is 9.91. The molecule has 0 saturated carbocycles. The Labute approximate surface area is 104 Å². The highest BCUT2D eigenvalue weighted by Gasteiger charge is 2.21. The van der Waals surface area contributed by atoms with Gasteiger partial charge in [-0.05, 0) is 23.1 Å². The molecule has 2 aromatic carbocycles. The predicted molar refractivity (Wildman–Crippen MR) is 69.4 cm³/mol. The molecule has 0 aromatic heterocycles. The van der Waals surface area contributed by atoms with Crippen LogP contribution in [-0.4, -0.2) is 11.8 Å². The van der Waals surface area contributed by atoms with Gasteiger partial charge in [-0.15, -0.1) is 0 Å². The minimum absolute atomic E-state index is 0.0625. The molecule has 0 spiro atoms. The van der Waals surface area contributed by atoms with Gasteiger partial charge < -0.3 is 10.6 Å². The maximum atomic E-state index is 11.7. The Hall–Kier alpha value is -2.36. The van der Waals surface area contributed by atoms with E-state index in [1.165, 1.54) is 6.92 Å². The normalized spacial score (nSPS) is 12.6. The Kier molecular flexibility index (Phi) is 2.30. The fourth-order valence-electron chi connectivity index (χ4n) is 2.32. The second-order valence-electron chi connectivity index (χ2n) is 4.36. The molecule has 90 valence electrons. The lowest BCUT2D eigenvalue weighted by molar-refractivity contribution is -0.119. The molecule has 2 aromatic rings. The summed E-state index contributed by atoms with van der Waals surface area (Å²) < 4.78 is 0. The molecule has 0 saturated heterocycles. The monoisotopic (exact) mass is 240 g/mol. The van der Waals surface area contributed by atoms with Crippen molar-refractivity contribution in [1.29, 1.82) is 0 Å². The first kappa shape index (κ1) is 10.8. The van der Waals surface area contributed by atoms with Crippen LogP contribution in [0.1, 0.15) is 22.8 Å². The Balaban J connectivity index is 2.16. The Bertz CT molecular complexity index is 677. The number of hydrogen-bond acceptors (Lipinski definition) is 2. The number of carbonyl (C=O) groups is 2. The highest BCUT2D eigenvalue weighted by atomic mass is 16.2. The lowest BCUT2D eigenvalue weighted by Crippen LogP contribution is -2.18. The fraction of sp³-hybridized carbons (Fsp3) is 0.143. The van der Waals surface area contributed by atoms with Crippen molar-refractivity contribution >= 4 is 28.3 Å². The Morgan fingerprint density at radius 3 is 2.89 bits per heavy atom. The maximum Gasteiger partial charge on any atom is 0.256 e. The van der Waals surface area contributed by atoms with Crippen LogP contribution in [0.4, 0.5) is 5.69 Å². The quantitative estimate of drug-likeness (QED) is 0.844. The minimum Gasteiger partial charge on any atom is -0.352 e. The summed E-state index contributed by atoms with van der Waals surface area (Å²) in [7, 11) is 0. The second kappa shape index (κ2) is 3.84. The molecule has 2 amide bonds. The van der Waals surface area contributed by atoms with Crippen molar-refractivity contribution in [1.82, 2.24) is 5.32 Å². The summed E-state index contributed by atoms with van der Waals surface area (Å²) in [6.07, 6.45) is 0. The summed E-state index contributed by atoms with van der Waals surface area (Å²) in [4.78, 5) is 22.7. The van der Waals surface area contributed by atoms with Crippen molar-refractivity contribution in [2.75, 3.05) is 5.32 Å². The largest absolute Gasteiger partial charge is 0.352 e. The Morgan fingerprint density at radius 1 is 1.28 bits per heavy atom. The summed E-state index contributed by atoms with van der Waals surface area (Å²) >= 11 is 0. The third-order valence-corrected chi connectivity index (χ3v) is 3.15. The van der Waals surface area contributed by atoms with Crippen molar-refractivity contribution in [2.45, 2.75) is 13.5 Å². The molecule has 1 aliphatic rings. The first-order valence-corrected chi connectivity index (χ1v) is 5.77. The zero-order valence-corrected chi connectivity index (χ0v) is 9.91. The van der Waals surface area contributed by atoms with Crippen LogP contribution in [0.3, 0.4) is 0 Å². The van der Waals surface area contributed by atoms with E-state index in [0.29, 0.717) is 12.1 Å². The Morgan fingerprint density at radius 2 is 2.11 bits per heavy atom. The summed E-state index contributed by atoms with van der Waals surface area (Å²) in [5.74, 6) is -0.125. The van der Waals surface area contributed by atoms with Crippen molar-refractivity contribution in [3.05, 3.63) is 41.5 Å². The summed E-state index contributed by atoms with van der Waals surface area (Å²) in [5.41, 5.74) is 2.56. The number of anilines is 1. The van der Waals surface area contributed by atoms with Crippen LogP contribution in [0.15, 0.2) is 30.3 Å². The number of carbonyl (C=O) groups excluding carboxylic acids is 2.